The van der Waals surface area contributed by atoms with Crippen molar-refractivity contribution in [2.45, 2.75) is 46.5 Å². The maximum Gasteiger partial charge on any atom is 0.273 e. The minimum atomic E-state index is -3.48. The SMILES string of the molecule is CC(C=NS(=O)CC(C)(C)C)c1cc(C(N)=O)cc(C(C)(F)F)c1F. The van der Waals surface area contributed by atoms with Gasteiger partial charge in [0.05, 0.1) is 5.56 Å². The highest BCUT2D eigenvalue weighted by atomic mass is 32.2. The van der Waals surface area contributed by atoms with E-state index in [-0.39, 0.29) is 16.5 Å². The lowest BCUT2D eigenvalue weighted by Crippen LogP contribution is -2.18. The van der Waals surface area contributed by atoms with Crippen molar-refractivity contribution >= 4 is 23.1 Å². The number of halogens is 3. The molecule has 1 aromatic rings. The van der Waals surface area contributed by atoms with Gasteiger partial charge in [0.25, 0.3) is 5.92 Å². The molecule has 140 valence electrons. The first-order valence-corrected chi connectivity index (χ1v) is 8.94. The summed E-state index contributed by atoms with van der Waals surface area (Å²) >= 11 is 0. The Bertz CT molecular complexity index is 707. The minimum absolute atomic E-state index is 0.149. The topological polar surface area (TPSA) is 72.5 Å². The normalized spacial score (nSPS) is 15.4. The predicted molar refractivity (Wildman–Crippen MR) is 93.9 cm³/mol. The number of nitrogens with two attached hydrogens (primary N) is 1. The van der Waals surface area contributed by atoms with E-state index < -0.39 is 40.1 Å². The molecular formula is C17H23F3N2O2S. The summed E-state index contributed by atoms with van der Waals surface area (Å²) in [5.41, 5.74) is 3.66. The lowest BCUT2D eigenvalue weighted by Gasteiger charge is -2.18. The van der Waals surface area contributed by atoms with Crippen molar-refractivity contribution in [1.82, 2.24) is 0 Å². The monoisotopic (exact) mass is 376 g/mol. The Morgan fingerprint density at radius 3 is 2.32 bits per heavy atom. The van der Waals surface area contributed by atoms with E-state index in [4.69, 9.17) is 5.73 Å². The van der Waals surface area contributed by atoms with E-state index in [0.29, 0.717) is 12.7 Å². The van der Waals surface area contributed by atoms with Gasteiger partial charge in [0.1, 0.15) is 16.8 Å². The van der Waals surface area contributed by atoms with Crippen LogP contribution in [0.1, 0.15) is 62.0 Å². The van der Waals surface area contributed by atoms with Crippen LogP contribution in [-0.4, -0.2) is 22.1 Å². The molecule has 0 radical (unpaired) electrons. The molecule has 0 heterocycles. The third-order valence-electron chi connectivity index (χ3n) is 3.31. The smallest absolute Gasteiger partial charge is 0.273 e. The van der Waals surface area contributed by atoms with Crippen molar-refractivity contribution in [3.05, 3.63) is 34.6 Å². The summed E-state index contributed by atoms with van der Waals surface area (Å²) < 4.78 is 57.5. The largest absolute Gasteiger partial charge is 0.366 e. The maximum absolute atomic E-state index is 14.5. The van der Waals surface area contributed by atoms with Crippen molar-refractivity contribution in [3.8, 4) is 0 Å². The number of benzene rings is 1. The van der Waals surface area contributed by atoms with E-state index in [0.717, 1.165) is 12.1 Å². The summed E-state index contributed by atoms with van der Waals surface area (Å²) in [5, 5.41) is 0. The highest BCUT2D eigenvalue weighted by Gasteiger charge is 2.31. The standard InChI is InChI=1S/C17H23F3N2O2S/c1-10(8-22-25(24)9-16(2,3)4)12-6-11(15(21)23)7-13(14(12)18)17(5,19)20/h6-8,10H,9H2,1-5H3,(H2,21,23). The second kappa shape index (κ2) is 7.68. The molecule has 0 aliphatic heterocycles. The zero-order valence-corrected chi connectivity index (χ0v) is 15.7. The van der Waals surface area contributed by atoms with Crippen LogP contribution < -0.4 is 5.73 Å². The Hall–Kier alpha value is -1.70. The fourth-order valence-corrected chi connectivity index (χ4v) is 3.22. The third kappa shape index (κ3) is 6.26. The Morgan fingerprint density at radius 2 is 1.88 bits per heavy atom. The van der Waals surface area contributed by atoms with Gasteiger partial charge < -0.3 is 5.73 Å². The molecule has 0 aliphatic rings. The van der Waals surface area contributed by atoms with Crippen LogP contribution in [0.25, 0.3) is 0 Å². The summed E-state index contributed by atoms with van der Waals surface area (Å²) in [7, 11) is -1.52. The first-order chi connectivity index (χ1) is 11.2. The highest BCUT2D eigenvalue weighted by molar-refractivity contribution is 7.83. The van der Waals surface area contributed by atoms with E-state index in [1.807, 2.05) is 20.8 Å². The van der Waals surface area contributed by atoms with Crippen molar-refractivity contribution in [2.75, 3.05) is 5.75 Å². The van der Waals surface area contributed by atoms with Crippen LogP contribution in [0, 0.1) is 11.2 Å². The van der Waals surface area contributed by atoms with Crippen molar-refractivity contribution in [1.29, 1.82) is 0 Å². The highest BCUT2D eigenvalue weighted by Crippen LogP contribution is 2.33. The number of carbonyl (C=O) groups excluding carboxylic acids is 1. The van der Waals surface area contributed by atoms with Gasteiger partial charge in [-0.1, -0.05) is 27.7 Å². The fourth-order valence-electron chi connectivity index (χ4n) is 2.09. The van der Waals surface area contributed by atoms with E-state index >= 15 is 0 Å². The molecule has 8 heteroatoms. The average Bonchev–Trinajstić information content (AvgIpc) is 2.41. The van der Waals surface area contributed by atoms with Crippen LogP contribution in [-0.2, 0) is 16.9 Å². The Kier molecular flexibility index (Phi) is 6.55. The summed E-state index contributed by atoms with van der Waals surface area (Å²) in [4.78, 5) is 11.4. The molecule has 0 fully saturated rings. The van der Waals surface area contributed by atoms with Crippen LogP contribution in [0.2, 0.25) is 0 Å². The van der Waals surface area contributed by atoms with E-state index in [1.165, 1.54) is 13.1 Å². The zero-order valence-electron chi connectivity index (χ0n) is 14.9. The molecule has 4 nitrogen and oxygen atoms in total. The van der Waals surface area contributed by atoms with Crippen molar-refractivity contribution < 1.29 is 22.2 Å². The molecule has 2 N–H and O–H groups in total. The molecule has 1 aromatic carbocycles. The van der Waals surface area contributed by atoms with Gasteiger partial charge in [-0.15, -0.1) is 0 Å². The van der Waals surface area contributed by atoms with Crippen LogP contribution in [0.15, 0.2) is 16.5 Å². The number of hydrogen-bond donors (Lipinski definition) is 1. The molecular weight excluding hydrogens is 353 g/mol. The van der Waals surface area contributed by atoms with Crippen molar-refractivity contribution in [3.63, 3.8) is 0 Å². The number of primary amides is 1. The molecule has 2 atom stereocenters. The first-order valence-electron chi connectivity index (χ1n) is 7.66. The molecule has 1 amide bonds. The fraction of sp³-hybridized carbons (Fsp3) is 0.529. The van der Waals surface area contributed by atoms with Gasteiger partial charge in [-0.05, 0) is 23.1 Å². The maximum atomic E-state index is 14.5. The summed E-state index contributed by atoms with van der Waals surface area (Å²) in [6.45, 7) is 7.75. The number of carbonyl (C=O) groups is 1. The van der Waals surface area contributed by atoms with Gasteiger partial charge in [-0.3, -0.25) is 4.79 Å². The Balaban J connectivity index is 3.25. The van der Waals surface area contributed by atoms with Gasteiger partial charge in [0.2, 0.25) is 5.91 Å². The third-order valence-corrected chi connectivity index (χ3v) is 4.78. The van der Waals surface area contributed by atoms with E-state index in [9.17, 15) is 22.2 Å². The van der Waals surface area contributed by atoms with Crippen LogP contribution in [0.5, 0.6) is 0 Å². The van der Waals surface area contributed by atoms with E-state index in [1.54, 1.807) is 0 Å². The Labute approximate surface area is 148 Å². The molecule has 0 aromatic heterocycles. The van der Waals surface area contributed by atoms with Crippen LogP contribution >= 0.6 is 0 Å². The number of amides is 1. The molecule has 0 bridgehead atoms. The Morgan fingerprint density at radius 1 is 1.32 bits per heavy atom. The predicted octanol–water partition coefficient (Wildman–Crippen LogP) is 3.92. The first kappa shape index (κ1) is 21.3. The number of alkyl halides is 2. The summed E-state index contributed by atoms with van der Waals surface area (Å²) in [5.74, 6) is -6.00. The summed E-state index contributed by atoms with van der Waals surface area (Å²) in [6.07, 6.45) is 1.24. The van der Waals surface area contributed by atoms with Gasteiger partial charge in [0.15, 0.2) is 0 Å². The molecule has 0 aliphatic carbocycles. The molecule has 2 unspecified atom stereocenters. The minimum Gasteiger partial charge on any atom is -0.366 e. The van der Waals surface area contributed by atoms with Crippen molar-refractivity contribution in [2.24, 2.45) is 15.5 Å². The lowest BCUT2D eigenvalue weighted by molar-refractivity contribution is 0.0135. The van der Waals surface area contributed by atoms with Gasteiger partial charge in [-0.2, -0.15) is 4.40 Å². The molecule has 0 spiro atoms. The van der Waals surface area contributed by atoms with Crippen LogP contribution in [0.3, 0.4) is 0 Å². The number of hydrogen-bond acceptors (Lipinski definition) is 2. The quantitative estimate of drug-likeness (QED) is 0.764. The molecule has 0 saturated carbocycles. The van der Waals surface area contributed by atoms with Gasteiger partial charge in [0, 0.05) is 30.4 Å². The number of rotatable bonds is 6. The zero-order chi connectivity index (χ0) is 19.6. The number of nitrogens with zero attached hydrogens (tertiary/aromatic N) is 1. The van der Waals surface area contributed by atoms with Gasteiger partial charge >= 0.3 is 0 Å². The molecule has 25 heavy (non-hydrogen) atoms. The average molecular weight is 376 g/mol. The lowest BCUT2D eigenvalue weighted by atomic mass is 9.94. The molecule has 1 rings (SSSR count). The second-order valence-electron chi connectivity index (χ2n) is 7.25. The second-order valence-corrected chi connectivity index (χ2v) is 8.39. The van der Waals surface area contributed by atoms with Gasteiger partial charge in [-0.25, -0.2) is 17.4 Å². The van der Waals surface area contributed by atoms with Crippen LogP contribution in [0.4, 0.5) is 13.2 Å². The summed E-state index contributed by atoms with van der Waals surface area (Å²) in [6, 6.07) is 1.87. The van der Waals surface area contributed by atoms with E-state index in [2.05, 4.69) is 4.40 Å². The molecule has 0 saturated heterocycles.